The fraction of sp³-hybridized carbons (Fsp3) is 0.824. The molecular formula is C17H30N4O3. The molecule has 2 saturated heterocycles. The van der Waals surface area contributed by atoms with Crippen molar-refractivity contribution in [2.24, 2.45) is 5.92 Å². The summed E-state index contributed by atoms with van der Waals surface area (Å²) in [7, 11) is 3.81. The van der Waals surface area contributed by atoms with Crippen LogP contribution in [0.25, 0.3) is 0 Å². The van der Waals surface area contributed by atoms with Crippen molar-refractivity contribution in [2.45, 2.75) is 38.6 Å². The molecule has 0 aromatic heterocycles. The Morgan fingerprint density at radius 1 is 1.08 bits per heavy atom. The van der Waals surface area contributed by atoms with Crippen LogP contribution in [0.3, 0.4) is 0 Å². The highest BCUT2D eigenvalue weighted by Gasteiger charge is 2.31. The summed E-state index contributed by atoms with van der Waals surface area (Å²) in [4.78, 5) is 42.3. The van der Waals surface area contributed by atoms with Crippen LogP contribution in [-0.4, -0.2) is 85.3 Å². The van der Waals surface area contributed by atoms with Crippen molar-refractivity contribution in [1.29, 1.82) is 0 Å². The van der Waals surface area contributed by atoms with Gasteiger partial charge in [-0.2, -0.15) is 0 Å². The molecule has 136 valence electrons. The van der Waals surface area contributed by atoms with Crippen LogP contribution >= 0.6 is 0 Å². The Labute approximate surface area is 144 Å². The van der Waals surface area contributed by atoms with E-state index in [-0.39, 0.29) is 36.1 Å². The number of piperazine rings is 1. The first-order chi connectivity index (χ1) is 11.4. The van der Waals surface area contributed by atoms with E-state index in [1.54, 1.807) is 11.9 Å². The Morgan fingerprint density at radius 2 is 1.75 bits per heavy atom. The fourth-order valence-corrected chi connectivity index (χ4v) is 3.50. The van der Waals surface area contributed by atoms with Crippen molar-refractivity contribution in [3.63, 3.8) is 0 Å². The van der Waals surface area contributed by atoms with Gasteiger partial charge in [0.2, 0.25) is 17.7 Å². The zero-order valence-corrected chi connectivity index (χ0v) is 15.1. The predicted octanol–water partition coefficient (Wildman–Crippen LogP) is -0.0863. The molecule has 0 aromatic rings. The van der Waals surface area contributed by atoms with Crippen molar-refractivity contribution in [3.05, 3.63) is 0 Å². The number of hydrogen-bond acceptors (Lipinski definition) is 4. The van der Waals surface area contributed by atoms with Crippen LogP contribution in [0.4, 0.5) is 0 Å². The lowest BCUT2D eigenvalue weighted by atomic mass is 9.95. The zero-order chi connectivity index (χ0) is 17.7. The number of carbonyl (C=O) groups is 3. The Hall–Kier alpha value is -1.63. The number of rotatable bonds is 2. The lowest BCUT2D eigenvalue weighted by Gasteiger charge is -2.34. The molecule has 2 unspecified atom stereocenters. The highest BCUT2D eigenvalue weighted by atomic mass is 16.2. The summed E-state index contributed by atoms with van der Waals surface area (Å²) in [5.74, 6) is -0.216. The third kappa shape index (κ3) is 5.19. The molecule has 2 atom stereocenters. The normalized spacial score (nSPS) is 27.2. The summed E-state index contributed by atoms with van der Waals surface area (Å²) in [6.45, 7) is 5.25. The van der Waals surface area contributed by atoms with Gasteiger partial charge in [-0.25, -0.2) is 0 Å². The highest BCUT2D eigenvalue weighted by Crippen LogP contribution is 2.21. The molecular weight excluding hydrogens is 308 g/mol. The monoisotopic (exact) mass is 338 g/mol. The van der Waals surface area contributed by atoms with Crippen LogP contribution in [0.15, 0.2) is 0 Å². The molecule has 0 saturated carbocycles. The molecule has 2 fully saturated rings. The summed E-state index contributed by atoms with van der Waals surface area (Å²) in [5, 5.41) is 2.91. The standard InChI is InChI=1S/C17H30N4O3/c1-13(22)18-15-6-4-5-14(11-16(23)20(3)12-15)17(24)21-9-7-19(2)8-10-21/h14-15H,4-12H2,1-3H3,(H,18,22). The Morgan fingerprint density at radius 3 is 2.38 bits per heavy atom. The Bertz CT molecular complexity index is 474. The van der Waals surface area contributed by atoms with Crippen molar-refractivity contribution in [2.75, 3.05) is 46.8 Å². The van der Waals surface area contributed by atoms with Crippen molar-refractivity contribution in [3.8, 4) is 0 Å². The van der Waals surface area contributed by atoms with Crippen LogP contribution in [0, 0.1) is 5.92 Å². The van der Waals surface area contributed by atoms with Gasteiger partial charge in [0.1, 0.15) is 0 Å². The van der Waals surface area contributed by atoms with E-state index in [2.05, 4.69) is 17.3 Å². The smallest absolute Gasteiger partial charge is 0.226 e. The fourth-order valence-electron chi connectivity index (χ4n) is 3.50. The van der Waals surface area contributed by atoms with Gasteiger partial charge in [-0.05, 0) is 19.9 Å². The molecule has 7 heteroatoms. The predicted molar refractivity (Wildman–Crippen MR) is 91.3 cm³/mol. The van der Waals surface area contributed by atoms with Crippen LogP contribution in [0.1, 0.15) is 32.6 Å². The second-order valence-electron chi connectivity index (χ2n) is 7.13. The first-order valence-electron chi connectivity index (χ1n) is 8.85. The molecule has 7 nitrogen and oxygen atoms in total. The number of carbonyl (C=O) groups excluding carboxylic acids is 3. The molecule has 24 heavy (non-hydrogen) atoms. The van der Waals surface area contributed by atoms with E-state index in [0.717, 1.165) is 39.0 Å². The summed E-state index contributed by atoms with van der Waals surface area (Å²) >= 11 is 0. The van der Waals surface area contributed by atoms with Crippen LogP contribution < -0.4 is 5.32 Å². The molecule has 2 rings (SSSR count). The van der Waals surface area contributed by atoms with E-state index in [1.165, 1.54) is 6.92 Å². The van der Waals surface area contributed by atoms with Gasteiger partial charge in [-0.15, -0.1) is 0 Å². The summed E-state index contributed by atoms with van der Waals surface area (Å²) in [6.07, 6.45) is 2.62. The van der Waals surface area contributed by atoms with Crippen molar-refractivity contribution < 1.29 is 14.4 Å². The number of hydrogen-bond donors (Lipinski definition) is 1. The van der Waals surface area contributed by atoms with E-state index in [4.69, 9.17) is 0 Å². The van der Waals surface area contributed by atoms with Crippen molar-refractivity contribution in [1.82, 2.24) is 20.0 Å². The first kappa shape index (κ1) is 18.7. The van der Waals surface area contributed by atoms with Gasteiger partial charge in [0.05, 0.1) is 0 Å². The minimum atomic E-state index is -0.237. The average molecular weight is 338 g/mol. The van der Waals surface area contributed by atoms with Gasteiger partial charge < -0.3 is 20.0 Å². The molecule has 0 aliphatic carbocycles. The highest BCUT2D eigenvalue weighted by molar-refractivity contribution is 5.86. The maximum atomic E-state index is 12.8. The van der Waals surface area contributed by atoms with E-state index in [1.807, 2.05) is 4.90 Å². The second-order valence-corrected chi connectivity index (χ2v) is 7.13. The van der Waals surface area contributed by atoms with Crippen molar-refractivity contribution >= 4 is 17.7 Å². The maximum absolute atomic E-state index is 12.8. The third-order valence-corrected chi connectivity index (χ3v) is 5.02. The summed E-state index contributed by atoms with van der Waals surface area (Å²) < 4.78 is 0. The second kappa shape index (κ2) is 8.46. The summed E-state index contributed by atoms with van der Waals surface area (Å²) in [5.41, 5.74) is 0. The zero-order valence-electron chi connectivity index (χ0n) is 15.1. The van der Waals surface area contributed by atoms with Crippen LogP contribution in [-0.2, 0) is 14.4 Å². The topological polar surface area (TPSA) is 73.0 Å². The number of likely N-dealkylation sites (N-methyl/N-ethyl adjacent to an activating group) is 2. The van der Waals surface area contributed by atoms with Crippen LogP contribution in [0.2, 0.25) is 0 Å². The van der Waals surface area contributed by atoms with Gasteiger partial charge in [-0.3, -0.25) is 14.4 Å². The molecule has 2 aliphatic heterocycles. The van der Waals surface area contributed by atoms with Gasteiger partial charge >= 0.3 is 0 Å². The average Bonchev–Trinajstić information content (AvgIpc) is 2.58. The SMILES string of the molecule is CC(=O)NC1CCCC(C(=O)N2CCN(C)CC2)CC(=O)N(C)C1. The van der Waals surface area contributed by atoms with E-state index in [0.29, 0.717) is 13.0 Å². The molecule has 0 bridgehead atoms. The largest absolute Gasteiger partial charge is 0.352 e. The van der Waals surface area contributed by atoms with Gasteiger partial charge in [0.15, 0.2) is 0 Å². The number of nitrogens with one attached hydrogen (secondary N) is 1. The lowest BCUT2D eigenvalue weighted by molar-refractivity contribution is -0.142. The Kier molecular flexibility index (Phi) is 6.60. The number of amides is 3. The molecule has 0 radical (unpaired) electrons. The molecule has 2 aliphatic rings. The van der Waals surface area contributed by atoms with E-state index in [9.17, 15) is 14.4 Å². The molecule has 1 N–H and O–H groups in total. The molecule has 3 amide bonds. The summed E-state index contributed by atoms with van der Waals surface area (Å²) in [6, 6.07) is -0.0334. The van der Waals surface area contributed by atoms with Gasteiger partial charge in [0, 0.05) is 65.1 Å². The minimum Gasteiger partial charge on any atom is -0.352 e. The molecule has 0 spiro atoms. The van der Waals surface area contributed by atoms with Gasteiger partial charge in [-0.1, -0.05) is 6.42 Å². The molecule has 2 heterocycles. The third-order valence-electron chi connectivity index (χ3n) is 5.02. The van der Waals surface area contributed by atoms with E-state index >= 15 is 0 Å². The lowest BCUT2D eigenvalue weighted by Crippen LogP contribution is -2.49. The number of nitrogens with zero attached hydrogens (tertiary/aromatic N) is 3. The van der Waals surface area contributed by atoms with Gasteiger partial charge in [0.25, 0.3) is 0 Å². The first-order valence-corrected chi connectivity index (χ1v) is 8.85. The Balaban J connectivity index is 1.99. The molecule has 0 aromatic carbocycles. The van der Waals surface area contributed by atoms with Crippen LogP contribution in [0.5, 0.6) is 0 Å². The quantitative estimate of drug-likeness (QED) is 0.764. The van der Waals surface area contributed by atoms with E-state index < -0.39 is 0 Å². The maximum Gasteiger partial charge on any atom is 0.226 e. The minimum absolute atomic E-state index is 0.0141.